The smallest absolute Gasteiger partial charge is 0.276 e. The summed E-state index contributed by atoms with van der Waals surface area (Å²) in [6.07, 6.45) is 5.48. The summed E-state index contributed by atoms with van der Waals surface area (Å²) < 4.78 is 2.04. The van der Waals surface area contributed by atoms with Gasteiger partial charge in [-0.25, -0.2) is 9.55 Å². The van der Waals surface area contributed by atoms with E-state index in [0.717, 1.165) is 22.7 Å². The Balaban J connectivity index is 1.27. The third-order valence-electron chi connectivity index (χ3n) is 5.54. The first-order valence-corrected chi connectivity index (χ1v) is 12.5. The molecule has 5 rings (SSSR count). The van der Waals surface area contributed by atoms with Crippen LogP contribution in [-0.2, 0) is 25.8 Å². The van der Waals surface area contributed by atoms with Crippen molar-refractivity contribution in [3.05, 3.63) is 53.4 Å². The van der Waals surface area contributed by atoms with Crippen LogP contribution in [0.2, 0.25) is 0 Å². The van der Waals surface area contributed by atoms with Crippen molar-refractivity contribution < 1.29 is 23.8 Å². The van der Waals surface area contributed by atoms with Crippen LogP contribution < -0.4 is 20.9 Å². The molecule has 4 N–H and O–H groups in total. The summed E-state index contributed by atoms with van der Waals surface area (Å²) in [6.45, 7) is 1.17. The molecule has 0 unspecified atom stereocenters. The number of thiazole rings is 1. The molecule has 34 heavy (non-hydrogen) atoms. The molecule has 2 saturated heterocycles. The van der Waals surface area contributed by atoms with Crippen LogP contribution in [0, 0.1) is 0 Å². The van der Waals surface area contributed by atoms with Crippen LogP contribution in [0.5, 0.6) is 0 Å². The fourth-order valence-corrected chi connectivity index (χ4v) is 5.62. The molecule has 0 aliphatic carbocycles. The number of rotatable bonds is 7. The van der Waals surface area contributed by atoms with Crippen LogP contribution in [0.4, 0.5) is 5.13 Å². The number of hydrogen-bond acceptors (Lipinski definition) is 9. The molecule has 3 atom stereocenters. The molecule has 0 spiro atoms. The minimum Gasteiger partial charge on any atom is -0.382 e. The largest absolute Gasteiger partial charge is 0.382 e. The maximum Gasteiger partial charge on any atom is 0.276 e. The Labute approximate surface area is 203 Å². The number of carbonyl (C=O) groups excluding carboxylic acids is 3. The molecule has 176 valence electrons. The molecule has 2 aromatic heterocycles. The summed E-state index contributed by atoms with van der Waals surface area (Å²) in [5.74, 6) is -0.362. The molecule has 11 nitrogen and oxygen atoms in total. The van der Waals surface area contributed by atoms with E-state index in [1.54, 1.807) is 22.0 Å². The third-order valence-corrected chi connectivity index (χ3v) is 7.59. The van der Waals surface area contributed by atoms with Crippen molar-refractivity contribution in [2.24, 2.45) is 5.16 Å². The van der Waals surface area contributed by atoms with Crippen LogP contribution >= 0.6 is 23.1 Å². The van der Waals surface area contributed by atoms with Crippen LogP contribution in [0.15, 0.2) is 52.9 Å². The second-order valence-corrected chi connectivity index (χ2v) is 9.91. The highest BCUT2D eigenvalue weighted by Crippen LogP contribution is 2.36. The second kappa shape index (κ2) is 9.43. The molecule has 2 aromatic rings. The van der Waals surface area contributed by atoms with Crippen molar-refractivity contribution >= 4 is 51.7 Å². The number of anilines is 1. The molecule has 0 bridgehead atoms. The number of nitrogens with zero attached hydrogens (tertiary/aromatic N) is 4. The van der Waals surface area contributed by atoms with Gasteiger partial charge < -0.3 is 26.1 Å². The lowest BCUT2D eigenvalue weighted by Gasteiger charge is -2.47. The zero-order valence-corrected chi connectivity index (χ0v) is 19.6. The predicted octanol–water partition coefficient (Wildman–Crippen LogP) is -0.394. The van der Waals surface area contributed by atoms with Crippen molar-refractivity contribution in [3.8, 4) is 0 Å². The SMILES string of the molecule is Nc1nc(/C(=N/O[C@H]2CCNC2=O)C(=O)N[C@@H]2C(=O)N3C=C(C[n+]4ccccc4)CS[C@@H]23)cs1. The van der Waals surface area contributed by atoms with E-state index in [1.165, 1.54) is 0 Å². The number of aromatic nitrogens is 2. The van der Waals surface area contributed by atoms with Crippen LogP contribution in [-0.4, -0.2) is 63.1 Å². The molecule has 3 amide bonds. The Bertz CT molecular complexity index is 1180. The molecule has 0 aromatic carbocycles. The Morgan fingerprint density at radius 2 is 2.18 bits per heavy atom. The van der Waals surface area contributed by atoms with E-state index in [2.05, 4.69) is 20.8 Å². The van der Waals surface area contributed by atoms with Gasteiger partial charge in [0.05, 0.1) is 0 Å². The van der Waals surface area contributed by atoms with Gasteiger partial charge in [-0.15, -0.1) is 23.1 Å². The summed E-state index contributed by atoms with van der Waals surface area (Å²) in [4.78, 5) is 48.7. The zero-order chi connectivity index (χ0) is 23.7. The standard InChI is InChI=1S/C21H21N7O4S2/c22-21-24-13(11-34-21)15(26-32-14-4-5-23-17(14)29)18(30)25-16-19(31)28-9-12(10-33-20(16)28)8-27-6-2-1-3-7-27/h1-3,6-7,9,11,14,16,20H,4-5,8,10H2,(H3-,22,23,24,25,29,30)/p+1/b26-15-/t14-,16+,20-/m0/s1. The monoisotopic (exact) mass is 500 g/mol. The summed E-state index contributed by atoms with van der Waals surface area (Å²) in [5.41, 5.74) is 6.92. The summed E-state index contributed by atoms with van der Waals surface area (Å²) in [7, 11) is 0. The number of β-lactam (4-membered cyclic amide) rings is 1. The molecule has 0 saturated carbocycles. The molecular formula is C21H22N7O4S2+. The van der Waals surface area contributed by atoms with E-state index in [4.69, 9.17) is 10.6 Å². The third kappa shape index (κ3) is 4.48. The van der Waals surface area contributed by atoms with Gasteiger partial charge in [0, 0.05) is 48.0 Å². The van der Waals surface area contributed by atoms with Crippen LogP contribution in [0.25, 0.3) is 0 Å². The van der Waals surface area contributed by atoms with Crippen molar-refractivity contribution in [2.75, 3.05) is 18.0 Å². The van der Waals surface area contributed by atoms with E-state index in [0.29, 0.717) is 19.5 Å². The van der Waals surface area contributed by atoms with Gasteiger partial charge in [0.25, 0.3) is 17.7 Å². The number of nitrogens with one attached hydrogen (secondary N) is 2. The zero-order valence-electron chi connectivity index (χ0n) is 17.9. The maximum absolute atomic E-state index is 13.1. The van der Waals surface area contributed by atoms with Crippen molar-refractivity contribution in [1.29, 1.82) is 0 Å². The first-order valence-electron chi connectivity index (χ1n) is 10.6. The van der Waals surface area contributed by atoms with Gasteiger partial charge in [0.15, 0.2) is 29.8 Å². The van der Waals surface area contributed by atoms with E-state index >= 15 is 0 Å². The molecule has 0 radical (unpaired) electrons. The number of fused-ring (bicyclic) bond motifs is 1. The van der Waals surface area contributed by atoms with Crippen LogP contribution in [0.3, 0.4) is 0 Å². The molecule has 13 heteroatoms. The van der Waals surface area contributed by atoms with Gasteiger partial charge in [-0.3, -0.25) is 14.4 Å². The average molecular weight is 501 g/mol. The Hall–Kier alpha value is -3.45. The van der Waals surface area contributed by atoms with E-state index < -0.39 is 18.1 Å². The van der Waals surface area contributed by atoms with Crippen LogP contribution in [0.1, 0.15) is 12.1 Å². The van der Waals surface area contributed by atoms with Gasteiger partial charge in [0.2, 0.25) is 6.10 Å². The molecule has 3 aliphatic rings. The lowest BCUT2D eigenvalue weighted by atomic mass is 10.1. The van der Waals surface area contributed by atoms with Crippen molar-refractivity contribution in [2.45, 2.75) is 30.5 Å². The normalized spacial score (nSPS) is 24.1. The van der Waals surface area contributed by atoms with Gasteiger partial charge in [0.1, 0.15) is 17.1 Å². The van der Waals surface area contributed by atoms with Gasteiger partial charge in [-0.1, -0.05) is 11.2 Å². The second-order valence-electron chi connectivity index (χ2n) is 7.92. The number of nitrogen functional groups attached to an aromatic ring is 1. The average Bonchev–Trinajstić information content (AvgIpc) is 3.46. The van der Waals surface area contributed by atoms with Crippen molar-refractivity contribution in [3.63, 3.8) is 0 Å². The first kappa shape index (κ1) is 22.3. The Morgan fingerprint density at radius 3 is 2.88 bits per heavy atom. The lowest BCUT2D eigenvalue weighted by Crippen LogP contribution is -2.69. The van der Waals surface area contributed by atoms with E-state index in [1.807, 2.05) is 41.4 Å². The van der Waals surface area contributed by atoms with Gasteiger partial charge in [-0.05, 0) is 0 Å². The van der Waals surface area contributed by atoms with Crippen molar-refractivity contribution in [1.82, 2.24) is 20.5 Å². The highest BCUT2D eigenvalue weighted by molar-refractivity contribution is 8.00. The number of amides is 3. The minimum absolute atomic E-state index is 0.128. The first-order chi connectivity index (χ1) is 16.5. The number of hydrogen-bond donors (Lipinski definition) is 3. The fraction of sp³-hybridized carbons (Fsp3) is 0.333. The van der Waals surface area contributed by atoms with E-state index in [9.17, 15) is 14.4 Å². The lowest BCUT2D eigenvalue weighted by molar-refractivity contribution is -0.689. The quantitative estimate of drug-likeness (QED) is 0.203. The topological polar surface area (TPSA) is 143 Å². The van der Waals surface area contributed by atoms with Gasteiger partial charge >= 0.3 is 0 Å². The highest BCUT2D eigenvalue weighted by atomic mass is 32.2. The summed E-state index contributed by atoms with van der Waals surface area (Å²) in [5, 5.41) is 11.0. The summed E-state index contributed by atoms with van der Waals surface area (Å²) >= 11 is 2.74. The maximum atomic E-state index is 13.1. The number of oxime groups is 1. The molecule has 3 aliphatic heterocycles. The molecule has 5 heterocycles. The number of nitrogens with two attached hydrogens (primary N) is 1. The summed E-state index contributed by atoms with van der Waals surface area (Å²) in [6, 6.07) is 5.17. The Kier molecular flexibility index (Phi) is 6.20. The number of thioether (sulfide) groups is 1. The minimum atomic E-state index is -0.778. The van der Waals surface area contributed by atoms with E-state index in [-0.39, 0.29) is 33.7 Å². The fourth-order valence-electron chi connectivity index (χ4n) is 3.82. The van der Waals surface area contributed by atoms with Gasteiger partial charge in [-0.2, -0.15) is 0 Å². The number of carbonyl (C=O) groups is 3. The highest BCUT2D eigenvalue weighted by Gasteiger charge is 2.50. The predicted molar refractivity (Wildman–Crippen MR) is 125 cm³/mol. The Morgan fingerprint density at radius 1 is 1.35 bits per heavy atom. The number of pyridine rings is 1. The molecular weight excluding hydrogens is 478 g/mol. The molecule has 2 fully saturated rings.